The van der Waals surface area contributed by atoms with Gasteiger partial charge in [-0.25, -0.2) is 0 Å². The van der Waals surface area contributed by atoms with Gasteiger partial charge in [0.2, 0.25) is 0 Å². The Morgan fingerprint density at radius 2 is 2.12 bits per heavy atom. The van der Waals surface area contributed by atoms with Crippen LogP contribution in [0.2, 0.25) is 6.55 Å². The van der Waals surface area contributed by atoms with E-state index in [0.29, 0.717) is 0 Å². The third-order valence-corrected chi connectivity index (χ3v) is 4.17. The largest absolute Gasteiger partial charge is 0.424 e. The Hall–Kier alpha value is -0.163. The zero-order chi connectivity index (χ0) is 11.4. The minimum absolute atomic E-state index is 0.245. The summed E-state index contributed by atoms with van der Waals surface area (Å²) in [5.74, 6) is -0.340. The molecular weight excluding hydrogens is 220 g/mol. The minimum atomic E-state index is -0.340. The number of hydrogen-bond donors (Lipinski definition) is 0. The Morgan fingerprint density at radius 3 is 2.81 bits per heavy atom. The van der Waals surface area contributed by atoms with Crippen molar-refractivity contribution in [3.05, 3.63) is 11.1 Å². The molecule has 2 aliphatic rings. The molecule has 1 fully saturated rings. The van der Waals surface area contributed by atoms with Crippen LogP contribution in [0.3, 0.4) is 0 Å². The van der Waals surface area contributed by atoms with Crippen molar-refractivity contribution in [2.45, 2.75) is 44.9 Å². The van der Waals surface area contributed by atoms with Crippen LogP contribution in [0, 0.1) is 0 Å². The van der Waals surface area contributed by atoms with Gasteiger partial charge in [-0.3, -0.25) is 0 Å². The number of allylic oxidation sites excluding steroid dienone is 1. The van der Waals surface area contributed by atoms with Gasteiger partial charge in [0.25, 0.3) is 0 Å². The molecule has 0 aromatic carbocycles. The standard InChI is InChI=1S/C12H22O3Si/c1-10-5-6-12(13-8-9-14-12)11(10)4-3-7-15-16-2/h3-9,16H2,1-2H3. The van der Waals surface area contributed by atoms with Gasteiger partial charge < -0.3 is 13.9 Å². The Bertz CT molecular complexity index is 269. The van der Waals surface area contributed by atoms with E-state index in [1.807, 2.05) is 0 Å². The first-order chi connectivity index (χ1) is 7.78. The maximum atomic E-state index is 5.83. The molecule has 1 heterocycles. The topological polar surface area (TPSA) is 27.7 Å². The first kappa shape index (κ1) is 12.3. The average Bonchev–Trinajstić information content (AvgIpc) is 2.86. The van der Waals surface area contributed by atoms with Gasteiger partial charge in [0.05, 0.1) is 13.2 Å². The van der Waals surface area contributed by atoms with Gasteiger partial charge in [-0.2, -0.15) is 0 Å². The summed E-state index contributed by atoms with van der Waals surface area (Å²) in [7, 11) is -0.245. The lowest BCUT2D eigenvalue weighted by Crippen LogP contribution is -2.29. The lowest BCUT2D eigenvalue weighted by molar-refractivity contribution is -0.125. The highest BCUT2D eigenvalue weighted by atomic mass is 28.2. The van der Waals surface area contributed by atoms with Gasteiger partial charge in [-0.1, -0.05) is 12.1 Å². The fraction of sp³-hybridized carbons (Fsp3) is 0.833. The second kappa shape index (κ2) is 5.45. The molecule has 1 aliphatic carbocycles. The molecule has 0 aromatic heterocycles. The van der Waals surface area contributed by atoms with Crippen molar-refractivity contribution in [1.82, 2.24) is 0 Å². The molecule has 0 aromatic rings. The van der Waals surface area contributed by atoms with Crippen LogP contribution >= 0.6 is 0 Å². The van der Waals surface area contributed by atoms with Crippen LogP contribution in [0.15, 0.2) is 11.1 Å². The van der Waals surface area contributed by atoms with E-state index >= 15 is 0 Å². The molecule has 92 valence electrons. The molecular formula is C12H22O3Si. The van der Waals surface area contributed by atoms with Gasteiger partial charge in [0.1, 0.15) is 0 Å². The summed E-state index contributed by atoms with van der Waals surface area (Å²) in [6.45, 7) is 6.77. The molecule has 16 heavy (non-hydrogen) atoms. The van der Waals surface area contributed by atoms with E-state index in [9.17, 15) is 0 Å². The Morgan fingerprint density at radius 1 is 1.38 bits per heavy atom. The Balaban J connectivity index is 1.91. The highest BCUT2D eigenvalue weighted by Gasteiger charge is 2.44. The summed E-state index contributed by atoms with van der Waals surface area (Å²) in [6.07, 6.45) is 4.30. The molecule has 0 atom stereocenters. The number of hydrogen-bond acceptors (Lipinski definition) is 3. The normalized spacial score (nSPS) is 24.4. The molecule has 2 rings (SSSR count). The van der Waals surface area contributed by atoms with Gasteiger partial charge in [-0.15, -0.1) is 0 Å². The predicted molar refractivity (Wildman–Crippen MR) is 66.2 cm³/mol. The Labute approximate surface area is 100 Å². The van der Waals surface area contributed by atoms with Crippen LogP contribution < -0.4 is 0 Å². The molecule has 0 bridgehead atoms. The highest BCUT2D eigenvalue weighted by molar-refractivity contribution is 6.24. The van der Waals surface area contributed by atoms with Crippen molar-refractivity contribution < 1.29 is 13.9 Å². The second-order valence-corrected chi connectivity index (χ2v) is 5.49. The summed E-state index contributed by atoms with van der Waals surface area (Å²) in [5, 5.41) is 0. The smallest absolute Gasteiger partial charge is 0.191 e. The summed E-state index contributed by atoms with van der Waals surface area (Å²) < 4.78 is 17.2. The maximum absolute atomic E-state index is 5.83. The zero-order valence-corrected chi connectivity index (χ0v) is 11.8. The molecule has 0 N–H and O–H groups in total. The van der Waals surface area contributed by atoms with E-state index in [1.165, 1.54) is 11.1 Å². The summed E-state index contributed by atoms with van der Waals surface area (Å²) >= 11 is 0. The summed E-state index contributed by atoms with van der Waals surface area (Å²) in [5.41, 5.74) is 2.86. The van der Waals surface area contributed by atoms with Crippen LogP contribution in [0.25, 0.3) is 0 Å². The van der Waals surface area contributed by atoms with Gasteiger partial charge in [-0.05, 0) is 31.8 Å². The van der Waals surface area contributed by atoms with Crippen LogP contribution in [-0.2, 0) is 13.9 Å². The van der Waals surface area contributed by atoms with E-state index in [4.69, 9.17) is 13.9 Å². The van der Waals surface area contributed by atoms with Crippen molar-refractivity contribution >= 4 is 9.76 Å². The molecule has 0 amide bonds. The molecule has 0 saturated carbocycles. The molecule has 1 spiro atoms. The number of ether oxygens (including phenoxy) is 2. The van der Waals surface area contributed by atoms with E-state index in [-0.39, 0.29) is 15.6 Å². The first-order valence-corrected chi connectivity index (χ1v) is 8.32. The van der Waals surface area contributed by atoms with Crippen molar-refractivity contribution in [3.63, 3.8) is 0 Å². The van der Waals surface area contributed by atoms with Gasteiger partial charge >= 0.3 is 0 Å². The van der Waals surface area contributed by atoms with E-state index in [2.05, 4.69) is 13.5 Å². The maximum Gasteiger partial charge on any atom is 0.191 e. The van der Waals surface area contributed by atoms with E-state index in [0.717, 1.165) is 45.5 Å². The average molecular weight is 242 g/mol. The van der Waals surface area contributed by atoms with Crippen molar-refractivity contribution in [2.75, 3.05) is 19.8 Å². The van der Waals surface area contributed by atoms with Crippen molar-refractivity contribution in [1.29, 1.82) is 0 Å². The quantitative estimate of drug-likeness (QED) is 0.418. The van der Waals surface area contributed by atoms with Crippen molar-refractivity contribution in [2.24, 2.45) is 0 Å². The van der Waals surface area contributed by atoms with Crippen molar-refractivity contribution in [3.8, 4) is 0 Å². The minimum Gasteiger partial charge on any atom is -0.424 e. The summed E-state index contributed by atoms with van der Waals surface area (Å²) in [6, 6.07) is 0. The zero-order valence-electron chi connectivity index (χ0n) is 10.4. The van der Waals surface area contributed by atoms with E-state index < -0.39 is 0 Å². The Kier molecular flexibility index (Phi) is 4.19. The van der Waals surface area contributed by atoms with Crippen LogP contribution in [0.5, 0.6) is 0 Å². The lowest BCUT2D eigenvalue weighted by atomic mass is 10.0. The lowest BCUT2D eigenvalue weighted by Gasteiger charge is -2.26. The van der Waals surface area contributed by atoms with Crippen LogP contribution in [0.4, 0.5) is 0 Å². The summed E-state index contributed by atoms with van der Waals surface area (Å²) in [4.78, 5) is 0. The van der Waals surface area contributed by atoms with Crippen LogP contribution in [-0.4, -0.2) is 35.4 Å². The molecule has 1 aliphatic heterocycles. The third kappa shape index (κ3) is 2.40. The van der Waals surface area contributed by atoms with E-state index in [1.54, 1.807) is 0 Å². The molecule has 1 saturated heterocycles. The molecule has 0 unspecified atom stereocenters. The SMILES string of the molecule is C[SiH2]OCCCC1=C(C)CCC12OCCO2. The van der Waals surface area contributed by atoms with Crippen LogP contribution in [0.1, 0.15) is 32.6 Å². The second-order valence-electron chi connectivity index (χ2n) is 4.51. The first-order valence-electron chi connectivity index (χ1n) is 6.33. The van der Waals surface area contributed by atoms with Gasteiger partial charge in [0.15, 0.2) is 15.6 Å². The predicted octanol–water partition coefficient (Wildman–Crippen LogP) is 1.77. The third-order valence-electron chi connectivity index (χ3n) is 3.48. The molecule has 0 radical (unpaired) electrons. The fourth-order valence-electron chi connectivity index (χ4n) is 2.65. The monoisotopic (exact) mass is 242 g/mol. The molecule has 4 heteroatoms. The van der Waals surface area contributed by atoms with Gasteiger partial charge in [0, 0.05) is 13.0 Å². The fourth-order valence-corrected chi connectivity index (χ4v) is 3.14. The molecule has 3 nitrogen and oxygen atoms in total. The highest BCUT2D eigenvalue weighted by Crippen LogP contribution is 2.43. The number of rotatable bonds is 5.